The van der Waals surface area contributed by atoms with Crippen molar-refractivity contribution in [1.29, 1.82) is 0 Å². The van der Waals surface area contributed by atoms with E-state index in [2.05, 4.69) is 15.9 Å². The summed E-state index contributed by atoms with van der Waals surface area (Å²) in [6.45, 7) is 0.460. The zero-order chi connectivity index (χ0) is 17.3. The Morgan fingerprint density at radius 2 is 2.04 bits per heavy atom. The maximum atomic E-state index is 13.0. The van der Waals surface area contributed by atoms with Gasteiger partial charge in [-0.25, -0.2) is 4.39 Å². The lowest BCUT2D eigenvalue weighted by molar-refractivity contribution is -0.384. The molecule has 1 aliphatic carbocycles. The number of halogens is 2. The monoisotopic (exact) mass is 412 g/mol. The molecule has 24 heavy (non-hydrogen) atoms. The molecule has 1 aromatic heterocycles. The van der Waals surface area contributed by atoms with Gasteiger partial charge in [-0.1, -0.05) is 12.1 Å². The summed E-state index contributed by atoms with van der Waals surface area (Å²) in [5, 5.41) is 11.1. The molecule has 0 atom stereocenters. The highest BCUT2D eigenvalue weighted by molar-refractivity contribution is 9.11. The molecule has 8 heteroatoms. The Labute approximate surface area is 150 Å². The fourth-order valence-electron chi connectivity index (χ4n) is 2.51. The Bertz CT molecular complexity index is 774. The second-order valence-corrected chi connectivity index (χ2v) is 8.06. The number of amides is 1. The van der Waals surface area contributed by atoms with Gasteiger partial charge in [0.1, 0.15) is 5.82 Å². The van der Waals surface area contributed by atoms with Gasteiger partial charge in [0.15, 0.2) is 4.88 Å². The van der Waals surface area contributed by atoms with E-state index in [1.54, 1.807) is 17.0 Å². The summed E-state index contributed by atoms with van der Waals surface area (Å²) in [5.74, 6) is -0.602. The SMILES string of the molecule is O=C(c1sc(Br)cc1[N+](=O)[O-])N(CCc1ccc(F)cc1)C1CC1. The summed E-state index contributed by atoms with van der Waals surface area (Å²) in [5.41, 5.74) is 0.765. The van der Waals surface area contributed by atoms with Crippen LogP contribution in [0.25, 0.3) is 0 Å². The summed E-state index contributed by atoms with van der Waals surface area (Å²) in [6, 6.07) is 7.66. The number of nitro groups is 1. The van der Waals surface area contributed by atoms with Gasteiger partial charge >= 0.3 is 0 Å². The van der Waals surface area contributed by atoms with Crippen molar-refractivity contribution in [3.05, 3.63) is 60.5 Å². The number of hydrogen-bond donors (Lipinski definition) is 0. The van der Waals surface area contributed by atoms with Gasteiger partial charge in [0, 0.05) is 18.7 Å². The van der Waals surface area contributed by atoms with Gasteiger partial charge in [0.05, 0.1) is 8.71 Å². The molecule has 0 N–H and O–H groups in total. The van der Waals surface area contributed by atoms with Crippen molar-refractivity contribution < 1.29 is 14.1 Å². The average molecular weight is 413 g/mol. The predicted octanol–water partition coefficient (Wildman–Crippen LogP) is 4.41. The second-order valence-electron chi connectivity index (χ2n) is 5.63. The predicted molar refractivity (Wildman–Crippen MR) is 92.8 cm³/mol. The van der Waals surface area contributed by atoms with Crippen molar-refractivity contribution in [3.63, 3.8) is 0 Å². The van der Waals surface area contributed by atoms with Crippen LogP contribution in [-0.4, -0.2) is 28.3 Å². The second kappa shape index (κ2) is 6.98. The van der Waals surface area contributed by atoms with Crippen LogP contribution in [0.4, 0.5) is 10.1 Å². The van der Waals surface area contributed by atoms with Gasteiger partial charge in [0.2, 0.25) is 0 Å². The first-order chi connectivity index (χ1) is 11.5. The third-order valence-corrected chi connectivity index (χ3v) is 5.49. The molecule has 0 saturated heterocycles. The van der Waals surface area contributed by atoms with Crippen molar-refractivity contribution >= 4 is 38.9 Å². The van der Waals surface area contributed by atoms with Crippen molar-refractivity contribution in [2.45, 2.75) is 25.3 Å². The van der Waals surface area contributed by atoms with E-state index in [0.29, 0.717) is 16.8 Å². The first-order valence-corrected chi connectivity index (χ1v) is 9.06. The number of benzene rings is 1. The smallest absolute Gasteiger partial charge is 0.294 e. The highest BCUT2D eigenvalue weighted by atomic mass is 79.9. The molecular weight excluding hydrogens is 399 g/mol. The number of rotatable bonds is 6. The first kappa shape index (κ1) is 17.0. The molecule has 0 radical (unpaired) electrons. The highest BCUT2D eigenvalue weighted by Crippen LogP contribution is 2.36. The van der Waals surface area contributed by atoms with Gasteiger partial charge < -0.3 is 4.90 Å². The lowest BCUT2D eigenvalue weighted by Crippen LogP contribution is -2.34. The Hall–Kier alpha value is -1.80. The van der Waals surface area contributed by atoms with E-state index >= 15 is 0 Å². The molecule has 1 aliphatic rings. The normalized spacial score (nSPS) is 13.8. The Kier molecular flexibility index (Phi) is 4.96. The molecule has 5 nitrogen and oxygen atoms in total. The Morgan fingerprint density at radius 3 is 2.62 bits per heavy atom. The molecule has 0 bridgehead atoms. The van der Waals surface area contributed by atoms with Crippen LogP contribution in [0.15, 0.2) is 34.1 Å². The molecule has 1 fully saturated rings. The van der Waals surface area contributed by atoms with E-state index in [-0.39, 0.29) is 28.3 Å². The van der Waals surface area contributed by atoms with E-state index in [4.69, 9.17) is 0 Å². The van der Waals surface area contributed by atoms with Gasteiger partial charge in [-0.15, -0.1) is 11.3 Å². The summed E-state index contributed by atoms with van der Waals surface area (Å²) < 4.78 is 13.5. The zero-order valence-corrected chi connectivity index (χ0v) is 15.0. The lowest BCUT2D eigenvalue weighted by atomic mass is 10.1. The highest BCUT2D eigenvalue weighted by Gasteiger charge is 2.36. The minimum Gasteiger partial charge on any atom is -0.334 e. The first-order valence-electron chi connectivity index (χ1n) is 7.45. The zero-order valence-electron chi connectivity index (χ0n) is 12.6. The maximum absolute atomic E-state index is 13.0. The van der Waals surface area contributed by atoms with Crippen molar-refractivity contribution in [3.8, 4) is 0 Å². The molecule has 126 valence electrons. The maximum Gasteiger partial charge on any atom is 0.294 e. The van der Waals surface area contributed by atoms with E-state index in [0.717, 1.165) is 29.7 Å². The van der Waals surface area contributed by atoms with Crippen LogP contribution in [0.5, 0.6) is 0 Å². The van der Waals surface area contributed by atoms with Crippen molar-refractivity contribution in [1.82, 2.24) is 4.90 Å². The molecule has 0 aliphatic heterocycles. The largest absolute Gasteiger partial charge is 0.334 e. The van der Waals surface area contributed by atoms with E-state index in [1.165, 1.54) is 18.2 Å². The van der Waals surface area contributed by atoms with Gasteiger partial charge in [0.25, 0.3) is 11.6 Å². The standard InChI is InChI=1S/C16H14BrFN2O3S/c17-14-9-13(20(22)23)15(24-14)16(21)19(12-5-6-12)8-7-10-1-3-11(18)4-2-10/h1-4,9,12H,5-8H2. The fraction of sp³-hybridized carbons (Fsp3) is 0.312. The Morgan fingerprint density at radius 1 is 1.38 bits per heavy atom. The quantitative estimate of drug-likeness (QED) is 0.521. The summed E-state index contributed by atoms with van der Waals surface area (Å²) in [4.78, 5) is 25.3. The molecule has 0 unspecified atom stereocenters. The number of thiophene rings is 1. The van der Waals surface area contributed by atoms with Crippen molar-refractivity contribution in [2.75, 3.05) is 6.54 Å². The minimum absolute atomic E-state index is 0.137. The summed E-state index contributed by atoms with van der Waals surface area (Å²) in [6.07, 6.45) is 2.41. The van der Waals surface area contributed by atoms with Crippen LogP contribution in [0.2, 0.25) is 0 Å². The molecule has 1 saturated carbocycles. The molecule has 1 amide bonds. The lowest BCUT2D eigenvalue weighted by Gasteiger charge is -2.21. The van der Waals surface area contributed by atoms with Crippen LogP contribution in [0.3, 0.4) is 0 Å². The van der Waals surface area contributed by atoms with Crippen LogP contribution in [-0.2, 0) is 6.42 Å². The number of carbonyl (C=O) groups excluding carboxylic acids is 1. The number of nitrogens with zero attached hydrogens (tertiary/aromatic N) is 2. The Balaban J connectivity index is 1.77. The van der Waals surface area contributed by atoms with Crippen LogP contribution >= 0.6 is 27.3 Å². The van der Waals surface area contributed by atoms with E-state index in [9.17, 15) is 19.3 Å². The van der Waals surface area contributed by atoms with Gasteiger partial charge in [-0.3, -0.25) is 14.9 Å². The van der Waals surface area contributed by atoms with Crippen LogP contribution in [0.1, 0.15) is 28.1 Å². The van der Waals surface area contributed by atoms with E-state index in [1.807, 2.05) is 0 Å². The third kappa shape index (κ3) is 3.81. The molecule has 0 spiro atoms. The minimum atomic E-state index is -0.528. The summed E-state index contributed by atoms with van der Waals surface area (Å²) in [7, 11) is 0. The molecule has 2 aromatic rings. The molecule has 1 aromatic carbocycles. The average Bonchev–Trinajstić information content (AvgIpc) is 3.30. The molecule has 3 rings (SSSR count). The number of carbonyl (C=O) groups is 1. The van der Waals surface area contributed by atoms with Crippen molar-refractivity contribution in [2.24, 2.45) is 0 Å². The van der Waals surface area contributed by atoms with E-state index < -0.39 is 4.92 Å². The van der Waals surface area contributed by atoms with Crippen LogP contribution in [0, 0.1) is 15.9 Å². The van der Waals surface area contributed by atoms with Gasteiger partial charge in [-0.2, -0.15) is 0 Å². The topological polar surface area (TPSA) is 63.4 Å². The third-order valence-electron chi connectivity index (χ3n) is 3.88. The fourth-order valence-corrected chi connectivity index (χ4v) is 4.02. The number of hydrogen-bond acceptors (Lipinski definition) is 4. The van der Waals surface area contributed by atoms with Gasteiger partial charge in [-0.05, 0) is 52.9 Å². The molecule has 1 heterocycles. The summed E-state index contributed by atoms with van der Waals surface area (Å²) >= 11 is 4.29. The molecular formula is C16H14BrFN2O3S. The van der Waals surface area contributed by atoms with Crippen LogP contribution < -0.4 is 0 Å².